The van der Waals surface area contributed by atoms with Crippen LogP contribution in [0.1, 0.15) is 27.2 Å². The molecule has 2 fully saturated rings. The van der Waals surface area contributed by atoms with E-state index in [1.54, 1.807) is 0 Å². The zero-order chi connectivity index (χ0) is 19.6. The highest BCUT2D eigenvalue weighted by molar-refractivity contribution is 6.42. The van der Waals surface area contributed by atoms with E-state index in [-0.39, 0.29) is 17.5 Å². The molecular weight excluding hydrogens is 383 g/mol. The van der Waals surface area contributed by atoms with Crippen LogP contribution in [0.25, 0.3) is 0 Å². The number of hydrogen-bond donors (Lipinski definition) is 1. The van der Waals surface area contributed by atoms with Gasteiger partial charge < -0.3 is 15.1 Å². The van der Waals surface area contributed by atoms with Gasteiger partial charge in [0.1, 0.15) is 0 Å². The minimum Gasteiger partial charge on any atom is -0.368 e. The van der Waals surface area contributed by atoms with Crippen molar-refractivity contribution in [2.45, 2.75) is 38.8 Å². The first-order chi connectivity index (χ1) is 12.8. The predicted octanol–water partition coefficient (Wildman–Crippen LogP) is 3.10. The fraction of sp³-hybridized carbons (Fsp3) is 0.650. The SMILES string of the molecule is CCC(C)(C)N1CCN[C@H](C(=O)N2CCN(c3ccc(Cl)c(Cl)c3)CC2)C1. The average Bonchev–Trinajstić information content (AvgIpc) is 2.70. The summed E-state index contributed by atoms with van der Waals surface area (Å²) in [4.78, 5) is 19.7. The summed E-state index contributed by atoms with van der Waals surface area (Å²) in [5.74, 6) is 0.223. The van der Waals surface area contributed by atoms with Crippen molar-refractivity contribution in [1.29, 1.82) is 0 Å². The second-order valence-electron chi connectivity index (χ2n) is 8.03. The van der Waals surface area contributed by atoms with Crippen LogP contribution in [0.2, 0.25) is 10.0 Å². The minimum atomic E-state index is -0.110. The molecule has 0 bridgehead atoms. The van der Waals surface area contributed by atoms with E-state index >= 15 is 0 Å². The predicted molar refractivity (Wildman–Crippen MR) is 113 cm³/mol. The molecule has 2 aliphatic heterocycles. The number of carbonyl (C=O) groups excluding carboxylic acids is 1. The molecule has 2 saturated heterocycles. The number of nitrogens with one attached hydrogen (secondary N) is 1. The van der Waals surface area contributed by atoms with Gasteiger partial charge in [0.2, 0.25) is 5.91 Å². The Labute approximate surface area is 172 Å². The van der Waals surface area contributed by atoms with E-state index in [0.717, 1.165) is 57.9 Å². The number of carbonyl (C=O) groups is 1. The first-order valence-corrected chi connectivity index (χ1v) is 10.5. The number of piperazine rings is 2. The largest absolute Gasteiger partial charge is 0.368 e. The maximum atomic E-state index is 13.0. The van der Waals surface area contributed by atoms with Crippen molar-refractivity contribution in [2.75, 3.05) is 50.7 Å². The minimum absolute atomic E-state index is 0.110. The quantitative estimate of drug-likeness (QED) is 0.824. The van der Waals surface area contributed by atoms with E-state index in [4.69, 9.17) is 23.2 Å². The summed E-state index contributed by atoms with van der Waals surface area (Å²) in [7, 11) is 0. The molecule has 150 valence electrons. The van der Waals surface area contributed by atoms with Gasteiger partial charge in [0.05, 0.1) is 16.1 Å². The molecule has 0 radical (unpaired) electrons. The molecule has 5 nitrogen and oxygen atoms in total. The molecule has 1 aromatic rings. The normalized spacial score (nSPS) is 22.2. The first kappa shape index (κ1) is 20.7. The van der Waals surface area contributed by atoms with Crippen LogP contribution in [0.5, 0.6) is 0 Å². The number of benzene rings is 1. The molecule has 3 rings (SSSR count). The lowest BCUT2D eigenvalue weighted by atomic mass is 9.97. The summed E-state index contributed by atoms with van der Waals surface area (Å²) >= 11 is 12.2. The number of rotatable bonds is 4. The molecule has 1 aromatic carbocycles. The van der Waals surface area contributed by atoms with Gasteiger partial charge in [-0.05, 0) is 38.5 Å². The Morgan fingerprint density at radius 2 is 1.85 bits per heavy atom. The average molecular weight is 413 g/mol. The van der Waals surface area contributed by atoms with E-state index in [0.29, 0.717) is 10.0 Å². The summed E-state index contributed by atoms with van der Waals surface area (Å²) in [5, 5.41) is 4.55. The zero-order valence-corrected chi connectivity index (χ0v) is 18.0. The van der Waals surface area contributed by atoms with Crippen molar-refractivity contribution in [3.63, 3.8) is 0 Å². The molecule has 2 aliphatic rings. The van der Waals surface area contributed by atoms with E-state index in [1.165, 1.54) is 0 Å². The summed E-state index contributed by atoms with van der Waals surface area (Å²) in [6.07, 6.45) is 1.08. The highest BCUT2D eigenvalue weighted by atomic mass is 35.5. The number of anilines is 1. The summed E-state index contributed by atoms with van der Waals surface area (Å²) in [6, 6.07) is 5.60. The molecule has 7 heteroatoms. The standard InChI is InChI=1S/C20H30Cl2N4O/c1-4-20(2,3)26-8-7-23-18(14-26)19(27)25-11-9-24(10-12-25)15-5-6-16(21)17(22)13-15/h5-6,13,18,23H,4,7-12,14H2,1-3H3/t18-/m0/s1. The third kappa shape index (κ3) is 4.70. The van der Waals surface area contributed by atoms with Crippen molar-refractivity contribution >= 4 is 34.8 Å². The molecular formula is C20H30Cl2N4O. The maximum absolute atomic E-state index is 13.0. The fourth-order valence-electron chi connectivity index (χ4n) is 3.78. The summed E-state index contributed by atoms with van der Waals surface area (Å²) in [6.45, 7) is 12.4. The molecule has 0 unspecified atom stereocenters. The Morgan fingerprint density at radius 3 is 2.48 bits per heavy atom. The molecule has 1 N–H and O–H groups in total. The van der Waals surface area contributed by atoms with Crippen LogP contribution in [-0.4, -0.2) is 73.1 Å². The zero-order valence-electron chi connectivity index (χ0n) is 16.5. The fourth-order valence-corrected chi connectivity index (χ4v) is 4.07. The summed E-state index contributed by atoms with van der Waals surface area (Å²) < 4.78 is 0. The van der Waals surface area contributed by atoms with Gasteiger partial charge in [0.15, 0.2) is 0 Å². The third-order valence-electron chi connectivity index (χ3n) is 6.05. The monoisotopic (exact) mass is 412 g/mol. The molecule has 27 heavy (non-hydrogen) atoms. The Bertz CT molecular complexity index is 674. The number of hydrogen-bond acceptors (Lipinski definition) is 4. The third-order valence-corrected chi connectivity index (χ3v) is 6.79. The Morgan fingerprint density at radius 1 is 1.15 bits per heavy atom. The maximum Gasteiger partial charge on any atom is 0.241 e. The van der Waals surface area contributed by atoms with Gasteiger partial charge >= 0.3 is 0 Å². The van der Waals surface area contributed by atoms with Gasteiger partial charge in [0, 0.05) is 57.0 Å². The van der Waals surface area contributed by atoms with Crippen LogP contribution in [0.15, 0.2) is 18.2 Å². The van der Waals surface area contributed by atoms with Crippen molar-refractivity contribution < 1.29 is 4.79 Å². The Hall–Kier alpha value is -1.01. The first-order valence-electron chi connectivity index (χ1n) is 9.79. The molecule has 0 aromatic heterocycles. The lowest BCUT2D eigenvalue weighted by Crippen LogP contribution is -2.63. The van der Waals surface area contributed by atoms with Gasteiger partial charge in [-0.3, -0.25) is 9.69 Å². The topological polar surface area (TPSA) is 38.8 Å². The molecule has 2 heterocycles. The van der Waals surface area contributed by atoms with Crippen molar-refractivity contribution in [1.82, 2.24) is 15.1 Å². The second-order valence-corrected chi connectivity index (χ2v) is 8.84. The highest BCUT2D eigenvalue weighted by Gasteiger charge is 2.35. The Kier molecular flexibility index (Phi) is 6.57. The van der Waals surface area contributed by atoms with Crippen LogP contribution in [-0.2, 0) is 4.79 Å². The van der Waals surface area contributed by atoms with Crippen molar-refractivity contribution in [2.24, 2.45) is 0 Å². The van der Waals surface area contributed by atoms with Gasteiger partial charge in [0.25, 0.3) is 0 Å². The van der Waals surface area contributed by atoms with Gasteiger partial charge in [-0.2, -0.15) is 0 Å². The lowest BCUT2D eigenvalue weighted by molar-refractivity contribution is -0.135. The molecule has 0 spiro atoms. The molecule has 1 amide bonds. The van der Waals surface area contributed by atoms with E-state index in [9.17, 15) is 4.79 Å². The van der Waals surface area contributed by atoms with E-state index in [2.05, 4.69) is 35.9 Å². The summed E-state index contributed by atoms with van der Waals surface area (Å²) in [5.41, 5.74) is 1.19. The van der Waals surface area contributed by atoms with Crippen LogP contribution >= 0.6 is 23.2 Å². The molecule has 0 aliphatic carbocycles. The van der Waals surface area contributed by atoms with Crippen LogP contribution in [0.4, 0.5) is 5.69 Å². The van der Waals surface area contributed by atoms with Crippen LogP contribution < -0.4 is 10.2 Å². The number of nitrogens with zero attached hydrogens (tertiary/aromatic N) is 3. The highest BCUT2D eigenvalue weighted by Crippen LogP contribution is 2.28. The van der Waals surface area contributed by atoms with Gasteiger partial charge in [-0.25, -0.2) is 0 Å². The van der Waals surface area contributed by atoms with Crippen LogP contribution in [0.3, 0.4) is 0 Å². The van der Waals surface area contributed by atoms with Gasteiger partial charge in [-0.15, -0.1) is 0 Å². The second kappa shape index (κ2) is 8.56. The Balaban J connectivity index is 1.57. The molecule has 1 atom stereocenters. The van der Waals surface area contributed by atoms with E-state index in [1.807, 2.05) is 23.1 Å². The van der Waals surface area contributed by atoms with Crippen LogP contribution in [0, 0.1) is 0 Å². The smallest absolute Gasteiger partial charge is 0.241 e. The van der Waals surface area contributed by atoms with Gasteiger partial charge in [-0.1, -0.05) is 30.1 Å². The number of halogens is 2. The molecule has 0 saturated carbocycles. The lowest BCUT2D eigenvalue weighted by Gasteiger charge is -2.45. The van der Waals surface area contributed by atoms with E-state index < -0.39 is 0 Å². The van der Waals surface area contributed by atoms with Crippen molar-refractivity contribution in [3.05, 3.63) is 28.2 Å². The van der Waals surface area contributed by atoms with Crippen molar-refractivity contribution in [3.8, 4) is 0 Å². The number of amides is 1.